The largest absolute Gasteiger partial charge is 0.480 e. The van der Waals surface area contributed by atoms with Gasteiger partial charge in [0.25, 0.3) is 0 Å². The Hall–Kier alpha value is -4.82. The normalized spacial score (nSPS) is 12.4. The molecule has 1 N–H and O–H groups in total. The first kappa shape index (κ1) is 31.6. The van der Waals surface area contributed by atoms with Gasteiger partial charge < -0.3 is 19.3 Å². The number of aliphatic hydroxyl groups excluding tert-OH is 1. The van der Waals surface area contributed by atoms with Crippen LogP contribution < -0.4 is 15.2 Å². The molecule has 3 aromatic carbocycles. The van der Waals surface area contributed by atoms with Gasteiger partial charge in [0.15, 0.2) is 23.6 Å². The SMILES string of the molecule is CCn1c(COCc2ccccc2)nn(-c2cc(OC(C)C(F)(F)F)c3c(Oc4c(F)cc(CO)cc4F)nccc3c2)c1=O. The van der Waals surface area contributed by atoms with Crippen LogP contribution in [0.2, 0.25) is 0 Å². The van der Waals surface area contributed by atoms with E-state index in [1.807, 2.05) is 30.3 Å². The fourth-order valence-corrected chi connectivity index (χ4v) is 4.54. The maximum Gasteiger partial charge on any atom is 0.425 e. The summed E-state index contributed by atoms with van der Waals surface area (Å²) in [5.74, 6) is -3.83. The first-order chi connectivity index (χ1) is 21.5. The molecule has 0 saturated heterocycles. The molecule has 0 spiro atoms. The molecule has 236 valence electrons. The number of pyridine rings is 1. The third-order valence-electron chi connectivity index (χ3n) is 6.82. The van der Waals surface area contributed by atoms with Crippen molar-refractivity contribution in [1.29, 1.82) is 0 Å². The van der Waals surface area contributed by atoms with Gasteiger partial charge in [-0.15, -0.1) is 5.10 Å². The average Bonchev–Trinajstić information content (AvgIpc) is 3.33. The lowest BCUT2D eigenvalue weighted by molar-refractivity contribution is -0.189. The van der Waals surface area contributed by atoms with Crippen LogP contribution in [0.15, 0.2) is 71.7 Å². The molecule has 0 aliphatic heterocycles. The van der Waals surface area contributed by atoms with Gasteiger partial charge in [-0.05, 0) is 54.6 Å². The maximum atomic E-state index is 14.7. The van der Waals surface area contributed by atoms with E-state index in [-0.39, 0.29) is 47.6 Å². The second-order valence-corrected chi connectivity index (χ2v) is 9.94. The number of hydrogen-bond acceptors (Lipinski definition) is 7. The number of fused-ring (bicyclic) bond motifs is 1. The van der Waals surface area contributed by atoms with Crippen molar-refractivity contribution in [2.45, 2.75) is 52.5 Å². The van der Waals surface area contributed by atoms with Gasteiger partial charge in [-0.1, -0.05) is 30.3 Å². The van der Waals surface area contributed by atoms with Crippen LogP contribution >= 0.6 is 0 Å². The van der Waals surface area contributed by atoms with Crippen molar-refractivity contribution >= 4 is 10.8 Å². The van der Waals surface area contributed by atoms with E-state index in [9.17, 15) is 31.9 Å². The fourth-order valence-electron chi connectivity index (χ4n) is 4.54. The minimum atomic E-state index is -4.78. The number of aromatic nitrogens is 4. The van der Waals surface area contributed by atoms with Crippen molar-refractivity contribution < 1.29 is 41.3 Å². The van der Waals surface area contributed by atoms with Gasteiger partial charge in [-0.25, -0.2) is 18.6 Å². The molecule has 1 unspecified atom stereocenters. The highest BCUT2D eigenvalue weighted by atomic mass is 19.4. The number of ether oxygens (including phenoxy) is 3. The highest BCUT2D eigenvalue weighted by Crippen LogP contribution is 2.39. The molecule has 0 amide bonds. The number of hydrogen-bond donors (Lipinski definition) is 1. The topological polar surface area (TPSA) is 101 Å². The molecule has 0 aliphatic rings. The third-order valence-corrected chi connectivity index (χ3v) is 6.82. The van der Waals surface area contributed by atoms with E-state index in [4.69, 9.17) is 14.2 Å². The second kappa shape index (κ2) is 13.0. The van der Waals surface area contributed by atoms with Crippen LogP contribution in [0.4, 0.5) is 22.0 Å². The molecule has 45 heavy (non-hydrogen) atoms. The maximum absolute atomic E-state index is 14.7. The summed E-state index contributed by atoms with van der Waals surface area (Å²) >= 11 is 0. The van der Waals surface area contributed by atoms with E-state index in [1.54, 1.807) is 6.92 Å². The molecular weight excluding hydrogens is 603 g/mol. The fraction of sp³-hybridized carbons (Fsp3) is 0.258. The Morgan fingerprint density at radius 3 is 2.33 bits per heavy atom. The van der Waals surface area contributed by atoms with E-state index in [0.717, 1.165) is 35.4 Å². The van der Waals surface area contributed by atoms with Crippen LogP contribution in [0, 0.1) is 11.6 Å². The van der Waals surface area contributed by atoms with E-state index >= 15 is 0 Å². The smallest absolute Gasteiger partial charge is 0.425 e. The van der Waals surface area contributed by atoms with Gasteiger partial charge in [0.2, 0.25) is 11.6 Å². The van der Waals surface area contributed by atoms with E-state index < -0.39 is 53.6 Å². The van der Waals surface area contributed by atoms with Crippen LogP contribution in [0.25, 0.3) is 16.5 Å². The van der Waals surface area contributed by atoms with Crippen molar-refractivity contribution in [3.63, 3.8) is 0 Å². The summed E-state index contributed by atoms with van der Waals surface area (Å²) in [4.78, 5) is 17.4. The lowest BCUT2D eigenvalue weighted by Crippen LogP contribution is -2.31. The van der Waals surface area contributed by atoms with Crippen molar-refractivity contribution in [3.8, 4) is 23.1 Å². The van der Waals surface area contributed by atoms with E-state index in [1.165, 1.54) is 22.9 Å². The number of halogens is 5. The Labute approximate surface area is 253 Å². The highest BCUT2D eigenvalue weighted by Gasteiger charge is 2.38. The Bertz CT molecular complexity index is 1850. The summed E-state index contributed by atoms with van der Waals surface area (Å²) in [5.41, 5.74) is 0.324. The molecule has 2 aromatic heterocycles. The summed E-state index contributed by atoms with van der Waals surface area (Å²) < 4.78 is 89.1. The molecule has 14 heteroatoms. The zero-order chi connectivity index (χ0) is 32.3. The zero-order valence-electron chi connectivity index (χ0n) is 24.0. The molecule has 9 nitrogen and oxygen atoms in total. The summed E-state index contributed by atoms with van der Waals surface area (Å²) in [7, 11) is 0. The van der Waals surface area contributed by atoms with Crippen molar-refractivity contribution in [3.05, 3.63) is 106 Å². The molecule has 0 saturated carbocycles. The predicted molar refractivity (Wildman–Crippen MR) is 152 cm³/mol. The van der Waals surface area contributed by atoms with Gasteiger partial charge in [-0.2, -0.15) is 17.9 Å². The zero-order valence-corrected chi connectivity index (χ0v) is 24.0. The lowest BCUT2D eigenvalue weighted by atomic mass is 10.1. The van der Waals surface area contributed by atoms with Crippen LogP contribution in [-0.2, 0) is 31.1 Å². The van der Waals surface area contributed by atoms with Crippen LogP contribution in [0.1, 0.15) is 30.8 Å². The minimum absolute atomic E-state index is 0.0267. The van der Waals surface area contributed by atoms with E-state index in [0.29, 0.717) is 0 Å². The summed E-state index contributed by atoms with van der Waals surface area (Å²) in [6.07, 6.45) is -5.89. The van der Waals surface area contributed by atoms with Gasteiger partial charge in [0, 0.05) is 18.8 Å². The van der Waals surface area contributed by atoms with Crippen molar-refractivity contribution in [1.82, 2.24) is 19.3 Å². The summed E-state index contributed by atoms with van der Waals surface area (Å²) in [5, 5.41) is 13.6. The Morgan fingerprint density at radius 1 is 0.978 bits per heavy atom. The van der Waals surface area contributed by atoms with Gasteiger partial charge in [-0.3, -0.25) is 4.57 Å². The molecule has 5 rings (SSSR count). The highest BCUT2D eigenvalue weighted by molar-refractivity contribution is 5.94. The molecule has 2 heterocycles. The van der Waals surface area contributed by atoms with Crippen molar-refractivity contribution in [2.75, 3.05) is 0 Å². The summed E-state index contributed by atoms with van der Waals surface area (Å²) in [6.45, 7) is 2.34. The van der Waals surface area contributed by atoms with Crippen LogP contribution in [-0.4, -0.2) is 36.7 Å². The van der Waals surface area contributed by atoms with Crippen LogP contribution in [0.5, 0.6) is 17.4 Å². The molecule has 0 bridgehead atoms. The minimum Gasteiger partial charge on any atom is -0.480 e. The predicted octanol–water partition coefficient (Wildman–Crippen LogP) is 6.21. The first-order valence-electron chi connectivity index (χ1n) is 13.7. The lowest BCUT2D eigenvalue weighted by Gasteiger charge is -2.20. The third kappa shape index (κ3) is 6.81. The molecule has 1 atom stereocenters. The quantitative estimate of drug-likeness (QED) is 0.173. The Kier molecular flexibility index (Phi) is 9.16. The van der Waals surface area contributed by atoms with Crippen molar-refractivity contribution in [2.24, 2.45) is 0 Å². The van der Waals surface area contributed by atoms with Gasteiger partial charge in [0.1, 0.15) is 12.4 Å². The second-order valence-electron chi connectivity index (χ2n) is 9.94. The monoisotopic (exact) mass is 630 g/mol. The molecule has 0 aliphatic carbocycles. The molecule has 5 aromatic rings. The Morgan fingerprint density at radius 2 is 1.69 bits per heavy atom. The van der Waals surface area contributed by atoms with E-state index in [2.05, 4.69) is 10.1 Å². The molecule has 0 radical (unpaired) electrons. The Balaban J connectivity index is 1.58. The number of aliphatic hydroxyl groups is 1. The molecular formula is C31H27F5N4O5. The summed E-state index contributed by atoms with van der Waals surface area (Å²) in [6, 6.07) is 15.0. The van der Waals surface area contributed by atoms with Gasteiger partial charge in [0.05, 0.1) is 24.3 Å². The molecule has 0 fully saturated rings. The first-order valence-corrected chi connectivity index (χ1v) is 13.7. The standard InChI is InChI=1S/C31H27F5N4O5/c1-3-39-26(17-43-16-19-7-5-4-6-8-19)38-40(30(39)42)22-13-21-9-10-37-29(27(21)25(14-22)44-18(2)31(34,35)36)45-28-23(32)11-20(15-41)12-24(28)33/h4-14,18,41H,3,15-17H2,1-2H3. The van der Waals surface area contributed by atoms with Crippen LogP contribution in [0.3, 0.4) is 0 Å². The number of rotatable bonds is 11. The van der Waals surface area contributed by atoms with Gasteiger partial charge >= 0.3 is 11.9 Å². The number of benzene rings is 3. The average molecular weight is 631 g/mol. The number of nitrogens with zero attached hydrogens (tertiary/aromatic N) is 4. The number of alkyl halides is 3.